The molecule has 8 heteroatoms. The molecule has 0 radical (unpaired) electrons. The van der Waals surface area contributed by atoms with Crippen LogP contribution in [0.1, 0.15) is 19.5 Å². The van der Waals surface area contributed by atoms with Crippen LogP contribution in [0.15, 0.2) is 24.4 Å². The van der Waals surface area contributed by atoms with Crippen LogP contribution in [-0.2, 0) is 5.60 Å². The van der Waals surface area contributed by atoms with Gasteiger partial charge in [0, 0.05) is 11.1 Å². The van der Waals surface area contributed by atoms with Gasteiger partial charge in [-0.05, 0) is 26.0 Å². The van der Waals surface area contributed by atoms with Crippen LogP contribution < -0.4 is 0 Å². The van der Waals surface area contributed by atoms with E-state index >= 15 is 0 Å². The predicted molar refractivity (Wildman–Crippen MR) is 68.3 cm³/mol. The molecule has 100 valence electrons. The van der Waals surface area contributed by atoms with E-state index in [-0.39, 0.29) is 11.4 Å². The van der Waals surface area contributed by atoms with Crippen LogP contribution in [0.25, 0.3) is 5.69 Å². The van der Waals surface area contributed by atoms with Crippen LogP contribution in [0, 0.1) is 10.1 Å². The Hall–Kier alpha value is -1.99. The lowest BCUT2D eigenvalue weighted by Gasteiger charge is -2.11. The highest BCUT2D eigenvalue weighted by atomic mass is 35.5. The normalized spacial score (nSPS) is 11.6. The molecule has 0 aliphatic carbocycles. The second kappa shape index (κ2) is 4.60. The molecule has 1 aromatic carbocycles. The van der Waals surface area contributed by atoms with Crippen LogP contribution >= 0.6 is 11.6 Å². The SMILES string of the molecule is CC(C)(O)c1cn(-c2cc(Cl)ccc2[N+](=O)[O-])nn1. The van der Waals surface area contributed by atoms with Crippen LogP contribution in [0.2, 0.25) is 5.02 Å². The van der Waals surface area contributed by atoms with Crippen LogP contribution in [-0.4, -0.2) is 25.0 Å². The van der Waals surface area contributed by atoms with Crippen molar-refractivity contribution < 1.29 is 10.0 Å². The minimum absolute atomic E-state index is 0.142. The molecule has 2 rings (SSSR count). The first kappa shape index (κ1) is 13.4. The summed E-state index contributed by atoms with van der Waals surface area (Å²) in [6.07, 6.45) is 1.43. The maximum absolute atomic E-state index is 11.0. The summed E-state index contributed by atoms with van der Waals surface area (Å²) in [4.78, 5) is 10.4. The van der Waals surface area contributed by atoms with Gasteiger partial charge >= 0.3 is 0 Å². The first-order valence-electron chi connectivity index (χ1n) is 5.38. The van der Waals surface area contributed by atoms with E-state index in [1.54, 1.807) is 13.8 Å². The highest BCUT2D eigenvalue weighted by molar-refractivity contribution is 6.30. The summed E-state index contributed by atoms with van der Waals surface area (Å²) in [7, 11) is 0. The Morgan fingerprint density at radius 3 is 2.68 bits per heavy atom. The van der Waals surface area contributed by atoms with Crippen molar-refractivity contribution in [2.24, 2.45) is 0 Å². The lowest BCUT2D eigenvalue weighted by molar-refractivity contribution is -0.384. The molecular formula is C11H11ClN4O3. The van der Waals surface area contributed by atoms with Gasteiger partial charge < -0.3 is 5.11 Å². The van der Waals surface area contributed by atoms with Gasteiger partial charge in [0.25, 0.3) is 5.69 Å². The fourth-order valence-electron chi connectivity index (χ4n) is 1.50. The molecule has 0 aliphatic heterocycles. The first-order valence-corrected chi connectivity index (χ1v) is 5.76. The minimum Gasteiger partial charge on any atom is -0.384 e. The fraction of sp³-hybridized carbons (Fsp3) is 0.273. The Bertz CT molecular complexity index is 633. The molecule has 1 N–H and O–H groups in total. The number of aliphatic hydroxyl groups is 1. The molecule has 7 nitrogen and oxygen atoms in total. The largest absolute Gasteiger partial charge is 0.384 e. The number of halogens is 1. The molecule has 0 saturated heterocycles. The van der Waals surface area contributed by atoms with E-state index in [9.17, 15) is 15.2 Å². The number of aromatic nitrogens is 3. The third-order valence-electron chi connectivity index (χ3n) is 2.50. The molecule has 0 saturated carbocycles. The first-order chi connectivity index (χ1) is 8.79. The molecule has 0 bridgehead atoms. The predicted octanol–water partition coefficient (Wildman–Crippen LogP) is 2.06. The summed E-state index contributed by atoms with van der Waals surface area (Å²) < 4.78 is 1.22. The number of rotatable bonds is 3. The standard InChI is InChI=1S/C11H11ClN4O3/c1-11(2,17)10-6-15(14-13-10)9-5-7(12)3-4-8(9)16(18)19/h3-6,17H,1-2H3. The molecule has 2 aromatic rings. The van der Waals surface area contributed by atoms with Crippen molar-refractivity contribution in [2.45, 2.75) is 19.4 Å². The summed E-state index contributed by atoms with van der Waals surface area (Å²) in [6, 6.07) is 4.14. The van der Waals surface area contributed by atoms with Crippen LogP contribution in [0.4, 0.5) is 5.69 Å². The van der Waals surface area contributed by atoms with E-state index < -0.39 is 10.5 Å². The second-order valence-corrected chi connectivity index (χ2v) is 4.93. The number of hydrogen-bond acceptors (Lipinski definition) is 5. The molecule has 1 aromatic heterocycles. The molecule has 0 atom stereocenters. The van der Waals surface area contributed by atoms with Gasteiger partial charge in [0.2, 0.25) is 0 Å². The van der Waals surface area contributed by atoms with E-state index in [0.717, 1.165) is 0 Å². The summed E-state index contributed by atoms with van der Waals surface area (Å²) >= 11 is 5.83. The molecule has 0 fully saturated rings. The van der Waals surface area contributed by atoms with Crippen LogP contribution in [0.3, 0.4) is 0 Å². The van der Waals surface area contributed by atoms with E-state index in [1.807, 2.05) is 0 Å². The Morgan fingerprint density at radius 2 is 2.16 bits per heavy atom. The Labute approximate surface area is 113 Å². The lowest BCUT2D eigenvalue weighted by atomic mass is 10.1. The monoisotopic (exact) mass is 282 g/mol. The van der Waals surface area contributed by atoms with Gasteiger partial charge in [-0.2, -0.15) is 0 Å². The number of nitro benzene ring substituents is 1. The van der Waals surface area contributed by atoms with E-state index in [2.05, 4.69) is 10.3 Å². The molecule has 0 aliphatic rings. The Kier molecular flexibility index (Phi) is 3.25. The molecule has 0 unspecified atom stereocenters. The molecule has 1 heterocycles. The molecular weight excluding hydrogens is 272 g/mol. The maximum Gasteiger partial charge on any atom is 0.295 e. The summed E-state index contributed by atoms with van der Waals surface area (Å²) in [5.74, 6) is 0. The zero-order valence-electron chi connectivity index (χ0n) is 10.2. The van der Waals surface area contributed by atoms with Gasteiger partial charge in [0.15, 0.2) is 0 Å². The maximum atomic E-state index is 11.0. The summed E-state index contributed by atoms with van der Waals surface area (Å²) in [5.41, 5.74) is -0.815. The molecule has 0 spiro atoms. The number of benzene rings is 1. The zero-order chi connectivity index (χ0) is 14.2. The van der Waals surface area contributed by atoms with Gasteiger partial charge in [-0.3, -0.25) is 10.1 Å². The average Bonchev–Trinajstić information content (AvgIpc) is 2.77. The van der Waals surface area contributed by atoms with Gasteiger partial charge in [-0.25, -0.2) is 4.68 Å². The van der Waals surface area contributed by atoms with Gasteiger partial charge in [-0.1, -0.05) is 16.8 Å². The van der Waals surface area contributed by atoms with Gasteiger partial charge in [0.05, 0.1) is 11.1 Å². The van der Waals surface area contributed by atoms with Crippen LogP contribution in [0.5, 0.6) is 0 Å². The Morgan fingerprint density at radius 1 is 1.47 bits per heavy atom. The Balaban J connectivity index is 2.55. The minimum atomic E-state index is -1.17. The number of nitrogens with zero attached hydrogens (tertiary/aromatic N) is 4. The topological polar surface area (TPSA) is 94.1 Å². The van der Waals surface area contributed by atoms with Crippen molar-refractivity contribution in [1.29, 1.82) is 0 Å². The second-order valence-electron chi connectivity index (χ2n) is 4.50. The number of hydrogen-bond donors (Lipinski definition) is 1. The average molecular weight is 283 g/mol. The smallest absolute Gasteiger partial charge is 0.295 e. The lowest BCUT2D eigenvalue weighted by Crippen LogP contribution is -2.15. The van der Waals surface area contributed by atoms with Crippen molar-refractivity contribution in [3.63, 3.8) is 0 Å². The van der Waals surface area contributed by atoms with Gasteiger partial charge in [-0.15, -0.1) is 5.10 Å². The molecule has 19 heavy (non-hydrogen) atoms. The molecule has 0 amide bonds. The summed E-state index contributed by atoms with van der Waals surface area (Å²) in [5, 5.41) is 28.7. The quantitative estimate of drug-likeness (QED) is 0.687. The number of nitro groups is 1. The fourth-order valence-corrected chi connectivity index (χ4v) is 1.66. The van der Waals surface area contributed by atoms with Crippen molar-refractivity contribution in [1.82, 2.24) is 15.0 Å². The van der Waals surface area contributed by atoms with Crippen molar-refractivity contribution in [2.75, 3.05) is 0 Å². The highest BCUT2D eigenvalue weighted by Gasteiger charge is 2.23. The summed E-state index contributed by atoms with van der Waals surface area (Å²) in [6.45, 7) is 3.10. The van der Waals surface area contributed by atoms with Crippen molar-refractivity contribution >= 4 is 17.3 Å². The van der Waals surface area contributed by atoms with Crippen molar-refractivity contribution in [3.8, 4) is 5.69 Å². The van der Waals surface area contributed by atoms with Crippen molar-refractivity contribution in [3.05, 3.63) is 45.2 Å². The van der Waals surface area contributed by atoms with E-state index in [1.165, 1.54) is 29.1 Å². The van der Waals surface area contributed by atoms with E-state index in [0.29, 0.717) is 10.7 Å². The third-order valence-corrected chi connectivity index (χ3v) is 2.74. The van der Waals surface area contributed by atoms with Gasteiger partial charge in [0.1, 0.15) is 17.0 Å². The third kappa shape index (κ3) is 2.72. The van der Waals surface area contributed by atoms with E-state index in [4.69, 9.17) is 11.6 Å². The zero-order valence-corrected chi connectivity index (χ0v) is 11.0. The highest BCUT2D eigenvalue weighted by Crippen LogP contribution is 2.27.